The minimum Gasteiger partial charge on any atom is -0.313 e. The summed E-state index contributed by atoms with van der Waals surface area (Å²) in [7, 11) is 0. The fourth-order valence-electron chi connectivity index (χ4n) is 2.60. The Balaban J connectivity index is 2.23. The Morgan fingerprint density at radius 3 is 2.69 bits per heavy atom. The van der Waals surface area contributed by atoms with E-state index < -0.39 is 0 Å². The van der Waals surface area contributed by atoms with Crippen molar-refractivity contribution in [1.29, 1.82) is 0 Å². The van der Waals surface area contributed by atoms with E-state index >= 15 is 0 Å². The van der Waals surface area contributed by atoms with Crippen LogP contribution in [0.4, 0.5) is 0 Å². The van der Waals surface area contributed by atoms with E-state index in [1.807, 2.05) is 0 Å². The van der Waals surface area contributed by atoms with Gasteiger partial charge >= 0.3 is 0 Å². The van der Waals surface area contributed by atoms with Crippen LogP contribution in [0.2, 0.25) is 0 Å². The highest BCUT2D eigenvalue weighted by molar-refractivity contribution is 4.84. The first kappa shape index (κ1) is 14.0. The van der Waals surface area contributed by atoms with Crippen molar-refractivity contribution >= 4 is 0 Å². The molecule has 1 heterocycles. The highest BCUT2D eigenvalue weighted by Gasteiger charge is 2.25. The van der Waals surface area contributed by atoms with Crippen molar-refractivity contribution < 1.29 is 0 Å². The number of likely N-dealkylation sites (tertiary alicyclic amines) is 1. The summed E-state index contributed by atoms with van der Waals surface area (Å²) in [4.78, 5) is 2.67. The lowest BCUT2D eigenvalue weighted by atomic mass is 10.00. The molecule has 0 saturated carbocycles. The van der Waals surface area contributed by atoms with Crippen LogP contribution >= 0.6 is 0 Å². The lowest BCUT2D eigenvalue weighted by molar-refractivity contribution is 0.218. The molecule has 0 radical (unpaired) electrons. The van der Waals surface area contributed by atoms with E-state index in [4.69, 9.17) is 0 Å². The van der Waals surface area contributed by atoms with Crippen LogP contribution in [0.25, 0.3) is 0 Å². The smallest absolute Gasteiger partial charge is 0.0207 e. The first-order chi connectivity index (χ1) is 7.67. The van der Waals surface area contributed by atoms with E-state index in [1.165, 1.54) is 45.3 Å². The van der Waals surface area contributed by atoms with Gasteiger partial charge in [-0.15, -0.1) is 0 Å². The molecular formula is C14H30N2. The molecule has 96 valence electrons. The van der Waals surface area contributed by atoms with Gasteiger partial charge in [0.15, 0.2) is 0 Å². The van der Waals surface area contributed by atoms with Crippen LogP contribution in [-0.2, 0) is 0 Å². The topological polar surface area (TPSA) is 15.3 Å². The zero-order valence-electron chi connectivity index (χ0n) is 11.6. The Kier molecular flexibility index (Phi) is 6.37. The lowest BCUT2D eigenvalue weighted by Gasteiger charge is -2.26. The van der Waals surface area contributed by atoms with Crippen LogP contribution in [0.1, 0.15) is 53.4 Å². The van der Waals surface area contributed by atoms with Crippen LogP contribution in [-0.4, -0.2) is 36.6 Å². The summed E-state index contributed by atoms with van der Waals surface area (Å²) in [5, 5.41) is 3.64. The Morgan fingerprint density at radius 2 is 2.06 bits per heavy atom. The van der Waals surface area contributed by atoms with Gasteiger partial charge in [0.1, 0.15) is 0 Å². The van der Waals surface area contributed by atoms with Gasteiger partial charge < -0.3 is 5.32 Å². The summed E-state index contributed by atoms with van der Waals surface area (Å²) in [6.07, 6.45) is 5.26. The van der Waals surface area contributed by atoms with Gasteiger partial charge in [0.05, 0.1) is 0 Å². The molecule has 0 aromatic heterocycles. The van der Waals surface area contributed by atoms with Gasteiger partial charge in [-0.1, -0.05) is 27.2 Å². The van der Waals surface area contributed by atoms with Crippen LogP contribution < -0.4 is 5.32 Å². The monoisotopic (exact) mass is 226 g/mol. The third-order valence-corrected chi connectivity index (χ3v) is 3.97. The second kappa shape index (κ2) is 7.29. The van der Waals surface area contributed by atoms with Crippen molar-refractivity contribution in [1.82, 2.24) is 10.2 Å². The average Bonchev–Trinajstić information content (AvgIpc) is 2.74. The number of rotatable bonds is 7. The third-order valence-electron chi connectivity index (χ3n) is 3.97. The predicted octanol–water partition coefficient (Wildman–Crippen LogP) is 2.89. The molecule has 3 unspecified atom stereocenters. The van der Waals surface area contributed by atoms with Crippen molar-refractivity contribution in [3.8, 4) is 0 Å². The maximum atomic E-state index is 3.64. The third kappa shape index (κ3) is 4.42. The van der Waals surface area contributed by atoms with Crippen LogP contribution in [0.3, 0.4) is 0 Å². The summed E-state index contributed by atoms with van der Waals surface area (Å²) >= 11 is 0. The molecular weight excluding hydrogens is 196 g/mol. The Morgan fingerprint density at radius 1 is 1.31 bits per heavy atom. The molecule has 0 aromatic rings. The van der Waals surface area contributed by atoms with Crippen molar-refractivity contribution in [2.24, 2.45) is 5.92 Å². The second-order valence-electron chi connectivity index (χ2n) is 5.53. The van der Waals surface area contributed by atoms with Gasteiger partial charge in [-0.25, -0.2) is 0 Å². The van der Waals surface area contributed by atoms with Crippen LogP contribution in [0.15, 0.2) is 0 Å². The molecule has 0 bridgehead atoms. The number of nitrogens with zero attached hydrogens (tertiary/aromatic N) is 1. The van der Waals surface area contributed by atoms with Crippen molar-refractivity contribution in [2.45, 2.75) is 65.5 Å². The van der Waals surface area contributed by atoms with E-state index in [1.54, 1.807) is 0 Å². The molecule has 1 rings (SSSR count). The normalized spacial score (nSPS) is 25.9. The van der Waals surface area contributed by atoms with Gasteiger partial charge in [0, 0.05) is 25.2 Å². The minimum absolute atomic E-state index is 0.749. The van der Waals surface area contributed by atoms with Gasteiger partial charge in [0.25, 0.3) is 0 Å². The average molecular weight is 226 g/mol. The molecule has 2 heteroatoms. The SMILES string of the molecule is CCCNC1CCN(C(C)CC(C)CC)C1. The molecule has 1 aliphatic heterocycles. The molecule has 16 heavy (non-hydrogen) atoms. The van der Waals surface area contributed by atoms with Gasteiger partial charge in [-0.05, 0) is 38.6 Å². The molecule has 0 aliphatic carbocycles. The molecule has 1 N–H and O–H groups in total. The largest absolute Gasteiger partial charge is 0.313 e. The molecule has 2 nitrogen and oxygen atoms in total. The minimum atomic E-state index is 0.749. The zero-order valence-corrected chi connectivity index (χ0v) is 11.6. The summed E-state index contributed by atoms with van der Waals surface area (Å²) in [5.41, 5.74) is 0. The Hall–Kier alpha value is -0.0800. The molecule has 1 aliphatic rings. The highest BCUT2D eigenvalue weighted by atomic mass is 15.2. The first-order valence-corrected chi connectivity index (χ1v) is 7.14. The van der Waals surface area contributed by atoms with E-state index in [0.29, 0.717) is 0 Å². The molecule has 1 saturated heterocycles. The first-order valence-electron chi connectivity index (χ1n) is 7.14. The molecule has 1 fully saturated rings. The molecule has 0 aromatic carbocycles. The maximum absolute atomic E-state index is 3.64. The van der Waals surface area contributed by atoms with Crippen molar-refractivity contribution in [3.63, 3.8) is 0 Å². The van der Waals surface area contributed by atoms with Crippen LogP contribution in [0.5, 0.6) is 0 Å². The zero-order chi connectivity index (χ0) is 12.0. The number of hydrogen-bond acceptors (Lipinski definition) is 2. The van der Waals surface area contributed by atoms with Crippen molar-refractivity contribution in [3.05, 3.63) is 0 Å². The molecule has 0 spiro atoms. The Bertz CT molecular complexity index is 182. The summed E-state index contributed by atoms with van der Waals surface area (Å²) < 4.78 is 0. The summed E-state index contributed by atoms with van der Waals surface area (Å²) in [6.45, 7) is 13.0. The van der Waals surface area contributed by atoms with Gasteiger partial charge in [-0.2, -0.15) is 0 Å². The maximum Gasteiger partial charge on any atom is 0.0207 e. The van der Waals surface area contributed by atoms with E-state index in [0.717, 1.165) is 18.0 Å². The van der Waals surface area contributed by atoms with Gasteiger partial charge in [-0.3, -0.25) is 4.90 Å². The predicted molar refractivity (Wildman–Crippen MR) is 71.8 cm³/mol. The van der Waals surface area contributed by atoms with Crippen molar-refractivity contribution in [2.75, 3.05) is 19.6 Å². The standard InChI is InChI=1S/C14H30N2/c1-5-8-15-14-7-9-16(11-14)13(4)10-12(3)6-2/h12-15H,5-11H2,1-4H3. The lowest BCUT2D eigenvalue weighted by Crippen LogP contribution is -2.37. The van der Waals surface area contributed by atoms with Gasteiger partial charge in [0.2, 0.25) is 0 Å². The fraction of sp³-hybridized carbons (Fsp3) is 1.00. The van der Waals surface area contributed by atoms with E-state index in [9.17, 15) is 0 Å². The van der Waals surface area contributed by atoms with E-state index in [-0.39, 0.29) is 0 Å². The number of nitrogens with one attached hydrogen (secondary N) is 1. The summed E-state index contributed by atoms with van der Waals surface area (Å²) in [6, 6.07) is 1.52. The van der Waals surface area contributed by atoms with Crippen LogP contribution in [0, 0.1) is 5.92 Å². The highest BCUT2D eigenvalue weighted by Crippen LogP contribution is 2.19. The number of hydrogen-bond donors (Lipinski definition) is 1. The second-order valence-corrected chi connectivity index (χ2v) is 5.53. The van der Waals surface area contributed by atoms with E-state index in [2.05, 4.69) is 37.9 Å². The quantitative estimate of drug-likeness (QED) is 0.718. The molecule has 3 atom stereocenters. The summed E-state index contributed by atoms with van der Waals surface area (Å²) in [5.74, 6) is 0.873. The molecule has 0 amide bonds. The Labute approximate surface area is 102 Å². The fourth-order valence-corrected chi connectivity index (χ4v) is 2.60.